The molecule has 1 heterocycles. The highest BCUT2D eigenvalue weighted by atomic mass is 16.1. The maximum atomic E-state index is 12.6. The van der Waals surface area contributed by atoms with Crippen LogP contribution in [0, 0.1) is 5.92 Å². The SMILES string of the molecule is CC1C(=O)CC(c2ccccc2)[N+](C)(C)C1c1ccccc1. The van der Waals surface area contributed by atoms with Crippen LogP contribution in [-0.4, -0.2) is 24.4 Å². The monoisotopic (exact) mass is 294 g/mol. The number of Topliss-reactive ketones (excluding diaryl/α,β-unsaturated/α-hetero) is 1. The molecule has 3 unspecified atom stereocenters. The van der Waals surface area contributed by atoms with Crippen molar-refractivity contribution in [3.63, 3.8) is 0 Å². The quantitative estimate of drug-likeness (QED) is 0.760. The van der Waals surface area contributed by atoms with Gasteiger partial charge in [-0.3, -0.25) is 4.79 Å². The van der Waals surface area contributed by atoms with Crippen LogP contribution >= 0.6 is 0 Å². The Bertz CT molecular complexity index is 648. The van der Waals surface area contributed by atoms with Gasteiger partial charge in [-0.25, -0.2) is 0 Å². The number of hydrogen-bond acceptors (Lipinski definition) is 1. The van der Waals surface area contributed by atoms with E-state index in [-0.39, 0.29) is 18.0 Å². The van der Waals surface area contributed by atoms with Crippen molar-refractivity contribution in [1.29, 1.82) is 0 Å². The summed E-state index contributed by atoms with van der Waals surface area (Å²) in [7, 11) is 4.52. The van der Waals surface area contributed by atoms with Crippen LogP contribution in [0.4, 0.5) is 0 Å². The van der Waals surface area contributed by atoms with E-state index < -0.39 is 0 Å². The van der Waals surface area contributed by atoms with Crippen LogP contribution in [0.2, 0.25) is 0 Å². The van der Waals surface area contributed by atoms with Crippen molar-refractivity contribution in [2.75, 3.05) is 14.1 Å². The molecule has 1 fully saturated rings. The van der Waals surface area contributed by atoms with E-state index in [9.17, 15) is 4.79 Å². The van der Waals surface area contributed by atoms with E-state index in [0.29, 0.717) is 12.2 Å². The lowest BCUT2D eigenvalue weighted by molar-refractivity contribution is -0.955. The molecule has 3 atom stereocenters. The van der Waals surface area contributed by atoms with Gasteiger partial charge in [-0.1, -0.05) is 60.7 Å². The van der Waals surface area contributed by atoms with Gasteiger partial charge < -0.3 is 4.48 Å². The Labute approximate surface area is 133 Å². The number of hydrogen-bond donors (Lipinski definition) is 0. The molecule has 0 aliphatic carbocycles. The smallest absolute Gasteiger partial charge is 0.148 e. The third-order valence-electron chi connectivity index (χ3n) is 5.22. The van der Waals surface area contributed by atoms with Crippen LogP contribution in [-0.2, 0) is 4.79 Å². The third-order valence-corrected chi connectivity index (χ3v) is 5.22. The van der Waals surface area contributed by atoms with Crippen LogP contribution in [0.5, 0.6) is 0 Å². The number of quaternary nitrogens is 1. The topological polar surface area (TPSA) is 17.1 Å². The zero-order chi connectivity index (χ0) is 15.7. The van der Waals surface area contributed by atoms with Crippen LogP contribution in [0.15, 0.2) is 60.7 Å². The summed E-state index contributed by atoms with van der Waals surface area (Å²) >= 11 is 0. The van der Waals surface area contributed by atoms with Gasteiger partial charge in [0, 0.05) is 11.1 Å². The zero-order valence-electron chi connectivity index (χ0n) is 13.6. The molecule has 2 aromatic carbocycles. The number of nitrogens with zero attached hydrogens (tertiary/aromatic N) is 1. The minimum absolute atomic E-state index is 0.0531. The molecule has 1 saturated heterocycles. The fraction of sp³-hybridized carbons (Fsp3) is 0.350. The van der Waals surface area contributed by atoms with Gasteiger partial charge in [-0.15, -0.1) is 0 Å². The average molecular weight is 294 g/mol. The number of carbonyl (C=O) groups excluding carboxylic acids is 1. The lowest BCUT2D eigenvalue weighted by Crippen LogP contribution is -2.54. The van der Waals surface area contributed by atoms with Crippen molar-refractivity contribution in [2.45, 2.75) is 25.4 Å². The van der Waals surface area contributed by atoms with Crippen molar-refractivity contribution in [2.24, 2.45) is 5.92 Å². The predicted octanol–water partition coefficient (Wildman–Crippen LogP) is 4.15. The number of carbonyl (C=O) groups is 1. The molecule has 0 spiro atoms. The molecule has 1 aliphatic heterocycles. The first kappa shape index (κ1) is 15.0. The van der Waals surface area contributed by atoms with Crippen LogP contribution in [0.1, 0.15) is 36.6 Å². The zero-order valence-corrected chi connectivity index (χ0v) is 13.6. The molecule has 0 saturated carbocycles. The summed E-state index contributed by atoms with van der Waals surface area (Å²) < 4.78 is 0.820. The highest BCUT2D eigenvalue weighted by Crippen LogP contribution is 2.46. The van der Waals surface area contributed by atoms with Crippen LogP contribution in [0.3, 0.4) is 0 Å². The molecule has 3 rings (SSSR count). The van der Waals surface area contributed by atoms with Gasteiger partial charge in [0.25, 0.3) is 0 Å². The Kier molecular flexibility index (Phi) is 3.88. The van der Waals surface area contributed by atoms with Gasteiger partial charge in [-0.2, -0.15) is 0 Å². The summed E-state index contributed by atoms with van der Waals surface area (Å²) in [5, 5.41) is 0. The van der Waals surface area contributed by atoms with E-state index >= 15 is 0 Å². The summed E-state index contributed by atoms with van der Waals surface area (Å²) in [6.07, 6.45) is 0.627. The molecule has 0 bridgehead atoms. The second kappa shape index (κ2) is 5.69. The van der Waals surface area contributed by atoms with Crippen molar-refractivity contribution in [1.82, 2.24) is 0 Å². The van der Waals surface area contributed by atoms with Gasteiger partial charge in [-0.05, 0) is 6.92 Å². The number of rotatable bonds is 2. The molecular formula is C20H24NO+. The number of likely N-dealkylation sites (tertiary alicyclic amines) is 1. The Morgan fingerprint density at radius 3 is 1.91 bits per heavy atom. The highest BCUT2D eigenvalue weighted by molar-refractivity contribution is 5.82. The van der Waals surface area contributed by atoms with E-state index in [2.05, 4.69) is 69.6 Å². The summed E-state index contributed by atoms with van der Waals surface area (Å²) in [4.78, 5) is 12.6. The lowest BCUT2D eigenvalue weighted by Gasteiger charge is -2.50. The molecule has 2 nitrogen and oxygen atoms in total. The van der Waals surface area contributed by atoms with Crippen molar-refractivity contribution >= 4 is 5.78 Å². The minimum Gasteiger partial charge on any atom is -0.315 e. The molecular weight excluding hydrogens is 270 g/mol. The second-order valence-electron chi connectivity index (χ2n) is 6.87. The predicted molar refractivity (Wildman–Crippen MR) is 89.3 cm³/mol. The van der Waals surface area contributed by atoms with Crippen LogP contribution < -0.4 is 0 Å². The Balaban J connectivity index is 2.07. The molecule has 0 N–H and O–H groups in total. The summed E-state index contributed by atoms with van der Waals surface area (Å²) in [5.74, 6) is 0.428. The molecule has 114 valence electrons. The molecule has 0 aromatic heterocycles. The Morgan fingerprint density at radius 1 is 0.864 bits per heavy atom. The Morgan fingerprint density at radius 2 is 1.36 bits per heavy atom. The van der Waals surface area contributed by atoms with Crippen molar-refractivity contribution in [3.8, 4) is 0 Å². The van der Waals surface area contributed by atoms with Gasteiger partial charge in [0.1, 0.15) is 17.9 Å². The first-order valence-electron chi connectivity index (χ1n) is 7.97. The fourth-order valence-electron chi connectivity index (χ4n) is 4.06. The first-order valence-corrected chi connectivity index (χ1v) is 7.97. The van der Waals surface area contributed by atoms with E-state index in [1.165, 1.54) is 11.1 Å². The van der Waals surface area contributed by atoms with Gasteiger partial charge in [0.05, 0.1) is 26.4 Å². The number of piperidine rings is 1. The lowest BCUT2D eigenvalue weighted by atomic mass is 9.78. The van der Waals surface area contributed by atoms with Crippen molar-refractivity contribution < 1.29 is 9.28 Å². The number of benzene rings is 2. The van der Waals surface area contributed by atoms with E-state index in [4.69, 9.17) is 0 Å². The van der Waals surface area contributed by atoms with E-state index in [1.54, 1.807) is 0 Å². The Hall–Kier alpha value is -1.93. The molecule has 2 heteroatoms. The van der Waals surface area contributed by atoms with Crippen LogP contribution in [0.25, 0.3) is 0 Å². The molecule has 22 heavy (non-hydrogen) atoms. The molecule has 2 aromatic rings. The van der Waals surface area contributed by atoms with E-state index in [1.807, 2.05) is 12.1 Å². The second-order valence-corrected chi connectivity index (χ2v) is 6.87. The maximum Gasteiger partial charge on any atom is 0.148 e. The molecule has 0 amide bonds. The summed E-state index contributed by atoms with van der Waals surface area (Å²) in [6.45, 7) is 2.08. The minimum atomic E-state index is 0.0531. The molecule has 1 aliphatic rings. The molecule has 0 radical (unpaired) electrons. The highest BCUT2D eigenvalue weighted by Gasteiger charge is 2.49. The average Bonchev–Trinajstić information content (AvgIpc) is 2.53. The first-order chi connectivity index (χ1) is 10.5. The summed E-state index contributed by atoms with van der Waals surface area (Å²) in [5.41, 5.74) is 2.52. The van der Waals surface area contributed by atoms with E-state index in [0.717, 1.165) is 4.48 Å². The number of ketones is 1. The fourth-order valence-corrected chi connectivity index (χ4v) is 4.06. The van der Waals surface area contributed by atoms with Crippen molar-refractivity contribution in [3.05, 3.63) is 71.8 Å². The maximum absolute atomic E-state index is 12.6. The third kappa shape index (κ3) is 2.48. The standard InChI is InChI=1S/C20H24NO/c1-15-19(22)14-18(16-10-6-4-7-11-16)21(2,3)20(15)17-12-8-5-9-13-17/h4-13,15,18,20H,14H2,1-3H3/q+1. The summed E-state index contributed by atoms with van der Waals surface area (Å²) in [6, 6.07) is 21.4. The van der Waals surface area contributed by atoms with Gasteiger partial charge in [0.2, 0.25) is 0 Å². The van der Waals surface area contributed by atoms with Gasteiger partial charge >= 0.3 is 0 Å². The largest absolute Gasteiger partial charge is 0.315 e. The normalized spacial score (nSPS) is 27.6. The van der Waals surface area contributed by atoms with Gasteiger partial charge in [0.15, 0.2) is 0 Å².